The van der Waals surface area contributed by atoms with Crippen molar-refractivity contribution in [2.24, 2.45) is 0 Å². The molecule has 0 saturated heterocycles. The van der Waals surface area contributed by atoms with Crippen molar-refractivity contribution in [1.82, 2.24) is 9.59 Å². The van der Waals surface area contributed by atoms with Gasteiger partial charge in [0, 0.05) is 11.5 Å². The highest BCUT2D eigenvalue weighted by Crippen LogP contribution is 2.16. The number of aromatic nitrogens is 2. The van der Waals surface area contributed by atoms with Crippen molar-refractivity contribution in [3.05, 3.63) is 5.69 Å². The molecule has 1 rings (SSSR count). The number of hydrogen-bond acceptors (Lipinski definition) is 5. The Morgan fingerprint density at radius 1 is 1.64 bits per heavy atom. The lowest BCUT2D eigenvalue weighted by Gasteiger charge is -1.90. The maximum atomic E-state index is 10.6. The van der Waals surface area contributed by atoms with Gasteiger partial charge in [0.25, 0.3) is 0 Å². The molecule has 1 aromatic rings. The summed E-state index contributed by atoms with van der Waals surface area (Å²) in [6, 6.07) is 0. The molecule has 0 aliphatic rings. The van der Waals surface area contributed by atoms with Gasteiger partial charge in [0.05, 0.1) is 5.69 Å². The zero-order valence-electron chi connectivity index (χ0n) is 5.68. The Labute approximate surface area is 68.0 Å². The van der Waals surface area contributed by atoms with E-state index in [0.717, 1.165) is 0 Å². The summed E-state index contributed by atoms with van der Waals surface area (Å²) in [5.41, 5.74) is 0.317. The van der Waals surface area contributed by atoms with Gasteiger partial charge in [-0.3, -0.25) is 4.55 Å². The highest BCUT2D eigenvalue weighted by molar-refractivity contribution is 7.88. The van der Waals surface area contributed by atoms with Gasteiger partial charge >= 0.3 is 10.1 Å². The lowest BCUT2D eigenvalue weighted by Crippen LogP contribution is -1.98. The minimum absolute atomic E-state index is 0.153. The summed E-state index contributed by atoms with van der Waals surface area (Å²) in [7, 11) is -4.11. The van der Waals surface area contributed by atoms with E-state index < -0.39 is 10.1 Å². The summed E-state index contributed by atoms with van der Waals surface area (Å²) in [6.07, 6.45) is 0.450. The van der Waals surface area contributed by atoms with E-state index >= 15 is 0 Å². The van der Waals surface area contributed by atoms with E-state index in [1.807, 2.05) is 0 Å². The van der Waals surface area contributed by atoms with Gasteiger partial charge < -0.3 is 0 Å². The number of nitrogens with zero attached hydrogens (tertiary/aromatic N) is 2. The Hall–Kier alpha value is -0.530. The fraction of sp³-hybridized carbons (Fsp3) is 0.500. The molecule has 11 heavy (non-hydrogen) atoms. The van der Waals surface area contributed by atoms with Crippen molar-refractivity contribution < 1.29 is 13.0 Å². The fourth-order valence-electron chi connectivity index (χ4n) is 0.611. The van der Waals surface area contributed by atoms with Crippen LogP contribution in [-0.2, 0) is 16.5 Å². The largest absolute Gasteiger partial charge is 0.307 e. The molecule has 1 heterocycles. The van der Waals surface area contributed by atoms with Crippen LogP contribution in [-0.4, -0.2) is 22.6 Å². The van der Waals surface area contributed by atoms with Gasteiger partial charge in [-0.15, -0.1) is 5.10 Å². The van der Waals surface area contributed by atoms with Gasteiger partial charge in [0.1, 0.15) is 0 Å². The molecule has 0 atom stereocenters. The molecule has 0 aliphatic carbocycles. The van der Waals surface area contributed by atoms with Crippen LogP contribution in [0.3, 0.4) is 0 Å². The summed E-state index contributed by atoms with van der Waals surface area (Å²) < 4.78 is 33.0. The van der Waals surface area contributed by atoms with Crippen LogP contribution in [0.5, 0.6) is 0 Å². The maximum absolute atomic E-state index is 10.6. The molecule has 0 fully saturated rings. The Kier molecular flexibility index (Phi) is 2.21. The number of rotatable bonds is 2. The Bertz CT molecular complexity index is 342. The standard InChI is InChI=1S/C4H6N2O3S2/c1-2-3-4(10-6-5-3)11(7,8)9/h2H2,1H3,(H,7,8,9). The van der Waals surface area contributed by atoms with Crippen molar-refractivity contribution in [2.75, 3.05) is 0 Å². The highest BCUT2D eigenvalue weighted by Gasteiger charge is 2.18. The Balaban J connectivity index is 3.24. The number of hydrogen-bond donors (Lipinski definition) is 1. The highest BCUT2D eigenvalue weighted by atomic mass is 32.3. The molecule has 0 saturated carbocycles. The molecule has 0 unspecified atom stereocenters. The second-order valence-electron chi connectivity index (χ2n) is 1.84. The van der Waals surface area contributed by atoms with Crippen molar-refractivity contribution in [2.45, 2.75) is 17.6 Å². The monoisotopic (exact) mass is 194 g/mol. The molecule has 0 aromatic carbocycles. The van der Waals surface area contributed by atoms with Crippen molar-refractivity contribution in [3.63, 3.8) is 0 Å². The first-order valence-electron chi connectivity index (χ1n) is 2.84. The Morgan fingerprint density at radius 3 is 2.64 bits per heavy atom. The molecular weight excluding hydrogens is 188 g/mol. The van der Waals surface area contributed by atoms with Crippen LogP contribution in [0.2, 0.25) is 0 Å². The van der Waals surface area contributed by atoms with E-state index in [9.17, 15) is 8.42 Å². The quantitative estimate of drug-likeness (QED) is 0.687. The van der Waals surface area contributed by atoms with Crippen molar-refractivity contribution in [1.29, 1.82) is 0 Å². The normalized spacial score (nSPS) is 11.8. The van der Waals surface area contributed by atoms with Crippen LogP contribution in [0.15, 0.2) is 4.21 Å². The number of aryl methyl sites for hydroxylation is 1. The molecule has 0 amide bonds. The first-order chi connectivity index (χ1) is 5.05. The van der Waals surface area contributed by atoms with Crippen LogP contribution in [0.1, 0.15) is 12.6 Å². The van der Waals surface area contributed by atoms with Crippen LogP contribution >= 0.6 is 11.5 Å². The zero-order valence-corrected chi connectivity index (χ0v) is 7.31. The van der Waals surface area contributed by atoms with Crippen LogP contribution in [0.4, 0.5) is 0 Å². The molecule has 0 bridgehead atoms. The van der Waals surface area contributed by atoms with E-state index in [1.54, 1.807) is 6.92 Å². The molecule has 0 spiro atoms. The van der Waals surface area contributed by atoms with Crippen LogP contribution < -0.4 is 0 Å². The lowest BCUT2D eigenvalue weighted by molar-refractivity contribution is 0.484. The zero-order chi connectivity index (χ0) is 8.48. The molecule has 62 valence electrons. The summed E-state index contributed by atoms with van der Waals surface area (Å²) >= 11 is 0.682. The van der Waals surface area contributed by atoms with Gasteiger partial charge in [-0.05, 0) is 6.42 Å². The van der Waals surface area contributed by atoms with Crippen LogP contribution in [0.25, 0.3) is 0 Å². The van der Waals surface area contributed by atoms with Gasteiger partial charge in [0.15, 0.2) is 4.21 Å². The third kappa shape index (κ3) is 1.73. The molecular formula is C4H6N2O3S2. The molecule has 0 aliphatic heterocycles. The predicted octanol–water partition coefficient (Wildman–Crippen LogP) is 0.347. The molecule has 0 radical (unpaired) electrons. The van der Waals surface area contributed by atoms with E-state index in [1.165, 1.54) is 0 Å². The van der Waals surface area contributed by atoms with E-state index in [4.69, 9.17) is 4.55 Å². The smallest absolute Gasteiger partial charge is 0.281 e. The second kappa shape index (κ2) is 2.84. The first-order valence-corrected chi connectivity index (χ1v) is 5.05. The summed E-state index contributed by atoms with van der Waals surface area (Å²) in [4.78, 5) is 0. The van der Waals surface area contributed by atoms with Crippen molar-refractivity contribution >= 4 is 21.7 Å². The molecule has 1 aromatic heterocycles. The van der Waals surface area contributed by atoms with Gasteiger partial charge in [-0.2, -0.15) is 8.42 Å². The van der Waals surface area contributed by atoms with Crippen LogP contribution in [0, 0.1) is 0 Å². The van der Waals surface area contributed by atoms with Crippen molar-refractivity contribution in [3.8, 4) is 0 Å². The van der Waals surface area contributed by atoms with Gasteiger partial charge in [-0.1, -0.05) is 11.4 Å². The topological polar surface area (TPSA) is 80.2 Å². The molecule has 5 nitrogen and oxygen atoms in total. The van der Waals surface area contributed by atoms with E-state index in [-0.39, 0.29) is 4.21 Å². The van der Waals surface area contributed by atoms with Gasteiger partial charge in [0.2, 0.25) is 0 Å². The maximum Gasteiger partial charge on any atom is 0.307 e. The fourth-order valence-corrected chi connectivity index (χ4v) is 2.08. The lowest BCUT2D eigenvalue weighted by atomic mass is 10.4. The van der Waals surface area contributed by atoms with E-state index in [0.29, 0.717) is 23.6 Å². The summed E-state index contributed by atoms with van der Waals surface area (Å²) in [5, 5.41) is 3.53. The minimum Gasteiger partial charge on any atom is -0.281 e. The third-order valence-electron chi connectivity index (χ3n) is 1.09. The molecule has 7 heteroatoms. The average Bonchev–Trinajstić information content (AvgIpc) is 2.31. The summed E-state index contributed by atoms with van der Waals surface area (Å²) in [6.45, 7) is 1.74. The second-order valence-corrected chi connectivity index (χ2v) is 4.21. The third-order valence-corrected chi connectivity index (χ3v) is 3.21. The first kappa shape index (κ1) is 8.57. The summed E-state index contributed by atoms with van der Waals surface area (Å²) in [5.74, 6) is 0. The van der Waals surface area contributed by atoms with E-state index in [2.05, 4.69) is 9.59 Å². The SMILES string of the molecule is CCc1nnsc1S(=O)(=O)O. The minimum atomic E-state index is -4.11. The molecule has 1 N–H and O–H groups in total. The Morgan fingerprint density at radius 2 is 2.27 bits per heavy atom. The average molecular weight is 194 g/mol. The van der Waals surface area contributed by atoms with Gasteiger partial charge in [-0.25, -0.2) is 0 Å². The predicted molar refractivity (Wildman–Crippen MR) is 39.1 cm³/mol.